The van der Waals surface area contributed by atoms with E-state index in [0.29, 0.717) is 0 Å². The Hall–Kier alpha value is -0.970. The van der Waals surface area contributed by atoms with Gasteiger partial charge >= 0.3 is 0 Å². The van der Waals surface area contributed by atoms with Crippen LogP contribution in [-0.2, 0) is 6.54 Å². The summed E-state index contributed by atoms with van der Waals surface area (Å²) in [6.45, 7) is 11.9. The SMILES string of the molecule is CCN(CC)CCNCCN(C)Cc1ccccn1. The van der Waals surface area contributed by atoms with Crippen LogP contribution in [0.4, 0.5) is 0 Å². The van der Waals surface area contributed by atoms with E-state index in [-0.39, 0.29) is 0 Å². The van der Waals surface area contributed by atoms with Crippen LogP contribution in [0.5, 0.6) is 0 Å². The molecule has 0 bridgehead atoms. The second-order valence-electron chi connectivity index (χ2n) is 4.84. The number of likely N-dealkylation sites (N-methyl/N-ethyl adjacent to an activating group) is 2. The molecular formula is C15H28N4. The molecule has 0 amide bonds. The molecule has 0 unspecified atom stereocenters. The van der Waals surface area contributed by atoms with Gasteiger partial charge in [0.2, 0.25) is 0 Å². The zero-order valence-corrected chi connectivity index (χ0v) is 12.6. The number of nitrogens with one attached hydrogen (secondary N) is 1. The van der Waals surface area contributed by atoms with E-state index < -0.39 is 0 Å². The van der Waals surface area contributed by atoms with Gasteiger partial charge in [-0.3, -0.25) is 9.88 Å². The third-order valence-electron chi connectivity index (χ3n) is 3.33. The van der Waals surface area contributed by atoms with Gasteiger partial charge in [-0.05, 0) is 32.3 Å². The molecule has 1 aromatic rings. The minimum atomic E-state index is 0.915. The molecule has 19 heavy (non-hydrogen) atoms. The van der Waals surface area contributed by atoms with Crippen LogP contribution in [0.15, 0.2) is 24.4 Å². The minimum absolute atomic E-state index is 0.915. The van der Waals surface area contributed by atoms with E-state index in [9.17, 15) is 0 Å². The van der Waals surface area contributed by atoms with E-state index in [1.807, 2.05) is 18.3 Å². The summed E-state index contributed by atoms with van der Waals surface area (Å²) >= 11 is 0. The summed E-state index contributed by atoms with van der Waals surface area (Å²) in [6.07, 6.45) is 1.85. The molecule has 4 heteroatoms. The fourth-order valence-electron chi connectivity index (χ4n) is 2.02. The molecule has 0 fully saturated rings. The van der Waals surface area contributed by atoms with Crippen molar-refractivity contribution in [1.29, 1.82) is 0 Å². The van der Waals surface area contributed by atoms with Crippen molar-refractivity contribution >= 4 is 0 Å². The first-order valence-electron chi connectivity index (χ1n) is 7.27. The van der Waals surface area contributed by atoms with Gasteiger partial charge in [0.05, 0.1) is 5.69 Å². The lowest BCUT2D eigenvalue weighted by atomic mass is 10.3. The average Bonchev–Trinajstić information content (AvgIpc) is 2.44. The van der Waals surface area contributed by atoms with Gasteiger partial charge < -0.3 is 10.2 Å². The maximum atomic E-state index is 4.34. The molecule has 0 aliphatic carbocycles. The third kappa shape index (κ3) is 7.25. The second-order valence-corrected chi connectivity index (χ2v) is 4.84. The van der Waals surface area contributed by atoms with E-state index in [1.165, 1.54) is 0 Å². The minimum Gasteiger partial charge on any atom is -0.314 e. The summed E-state index contributed by atoms with van der Waals surface area (Å²) in [5.74, 6) is 0. The summed E-state index contributed by atoms with van der Waals surface area (Å²) in [5.41, 5.74) is 1.13. The van der Waals surface area contributed by atoms with Crippen LogP contribution in [0.2, 0.25) is 0 Å². The van der Waals surface area contributed by atoms with Gasteiger partial charge in [0, 0.05) is 38.9 Å². The van der Waals surface area contributed by atoms with Gasteiger partial charge in [0.25, 0.3) is 0 Å². The van der Waals surface area contributed by atoms with Crippen LogP contribution < -0.4 is 5.32 Å². The molecule has 1 N–H and O–H groups in total. The first-order chi connectivity index (χ1) is 9.26. The van der Waals surface area contributed by atoms with Gasteiger partial charge in [-0.1, -0.05) is 19.9 Å². The van der Waals surface area contributed by atoms with Gasteiger partial charge in [-0.2, -0.15) is 0 Å². The fraction of sp³-hybridized carbons (Fsp3) is 0.667. The number of aromatic nitrogens is 1. The Morgan fingerprint density at radius 3 is 2.47 bits per heavy atom. The first kappa shape index (κ1) is 16.1. The first-order valence-corrected chi connectivity index (χ1v) is 7.27. The molecule has 1 rings (SSSR count). The normalized spacial score (nSPS) is 11.4. The Morgan fingerprint density at radius 2 is 1.84 bits per heavy atom. The Balaban J connectivity index is 2.06. The zero-order chi connectivity index (χ0) is 13.9. The molecule has 0 spiro atoms. The summed E-state index contributed by atoms with van der Waals surface area (Å²) < 4.78 is 0. The molecule has 0 aliphatic rings. The molecule has 0 radical (unpaired) electrons. The number of pyridine rings is 1. The standard InChI is InChI=1S/C15H28N4/c1-4-19(5-2)13-11-16-10-12-18(3)14-15-8-6-7-9-17-15/h6-9,16H,4-5,10-14H2,1-3H3. The molecule has 1 aromatic heterocycles. The van der Waals surface area contributed by atoms with Crippen LogP contribution >= 0.6 is 0 Å². The molecule has 0 saturated heterocycles. The zero-order valence-electron chi connectivity index (χ0n) is 12.6. The van der Waals surface area contributed by atoms with Crippen molar-refractivity contribution in [1.82, 2.24) is 20.1 Å². The largest absolute Gasteiger partial charge is 0.314 e. The molecule has 4 nitrogen and oxygen atoms in total. The summed E-state index contributed by atoms with van der Waals surface area (Å²) in [7, 11) is 2.14. The third-order valence-corrected chi connectivity index (χ3v) is 3.33. The number of hydrogen-bond acceptors (Lipinski definition) is 4. The van der Waals surface area contributed by atoms with Crippen molar-refractivity contribution in [2.45, 2.75) is 20.4 Å². The molecule has 1 heterocycles. The van der Waals surface area contributed by atoms with Crippen LogP contribution in [0.25, 0.3) is 0 Å². The van der Waals surface area contributed by atoms with E-state index in [0.717, 1.165) is 51.5 Å². The second kappa shape index (κ2) is 9.89. The highest BCUT2D eigenvalue weighted by atomic mass is 15.1. The lowest BCUT2D eigenvalue weighted by molar-refractivity contribution is 0.290. The van der Waals surface area contributed by atoms with Crippen LogP contribution in [-0.4, -0.2) is 61.1 Å². The van der Waals surface area contributed by atoms with Crippen LogP contribution in [0.3, 0.4) is 0 Å². The molecule has 0 aliphatic heterocycles. The van der Waals surface area contributed by atoms with Crippen molar-refractivity contribution in [2.75, 3.05) is 46.3 Å². The lowest BCUT2D eigenvalue weighted by Crippen LogP contribution is -2.35. The van der Waals surface area contributed by atoms with Gasteiger partial charge in [0.15, 0.2) is 0 Å². The fourth-order valence-corrected chi connectivity index (χ4v) is 2.02. The van der Waals surface area contributed by atoms with E-state index >= 15 is 0 Å². The van der Waals surface area contributed by atoms with E-state index in [2.05, 4.69) is 47.1 Å². The highest BCUT2D eigenvalue weighted by Gasteiger charge is 2.01. The number of nitrogens with zero attached hydrogens (tertiary/aromatic N) is 3. The highest BCUT2D eigenvalue weighted by Crippen LogP contribution is 1.97. The van der Waals surface area contributed by atoms with Crippen LogP contribution in [0, 0.1) is 0 Å². The van der Waals surface area contributed by atoms with Crippen molar-refractivity contribution in [3.8, 4) is 0 Å². The van der Waals surface area contributed by atoms with E-state index in [1.54, 1.807) is 0 Å². The molecule has 108 valence electrons. The van der Waals surface area contributed by atoms with Crippen molar-refractivity contribution in [3.63, 3.8) is 0 Å². The molecular weight excluding hydrogens is 236 g/mol. The Morgan fingerprint density at radius 1 is 1.11 bits per heavy atom. The van der Waals surface area contributed by atoms with E-state index in [4.69, 9.17) is 0 Å². The van der Waals surface area contributed by atoms with Crippen molar-refractivity contribution in [3.05, 3.63) is 30.1 Å². The lowest BCUT2D eigenvalue weighted by Gasteiger charge is -2.19. The number of rotatable bonds is 10. The smallest absolute Gasteiger partial charge is 0.0543 e. The molecule has 0 aromatic carbocycles. The van der Waals surface area contributed by atoms with Crippen molar-refractivity contribution < 1.29 is 0 Å². The predicted molar refractivity (Wildman–Crippen MR) is 81.2 cm³/mol. The molecule has 0 atom stereocenters. The summed E-state index contributed by atoms with van der Waals surface area (Å²) in [6, 6.07) is 6.07. The number of hydrogen-bond donors (Lipinski definition) is 1. The van der Waals surface area contributed by atoms with Crippen LogP contribution in [0.1, 0.15) is 19.5 Å². The van der Waals surface area contributed by atoms with Crippen molar-refractivity contribution in [2.24, 2.45) is 0 Å². The van der Waals surface area contributed by atoms with Gasteiger partial charge in [-0.15, -0.1) is 0 Å². The Labute approximate surface area is 117 Å². The predicted octanol–water partition coefficient (Wildman–Crippen LogP) is 1.44. The summed E-state index contributed by atoms with van der Waals surface area (Å²) in [4.78, 5) is 9.07. The maximum absolute atomic E-state index is 4.34. The topological polar surface area (TPSA) is 31.4 Å². The molecule has 0 saturated carbocycles. The highest BCUT2D eigenvalue weighted by molar-refractivity contribution is 5.02. The maximum Gasteiger partial charge on any atom is 0.0543 e. The Kier molecular flexibility index (Phi) is 8.38. The average molecular weight is 264 g/mol. The monoisotopic (exact) mass is 264 g/mol. The van der Waals surface area contributed by atoms with Gasteiger partial charge in [-0.25, -0.2) is 0 Å². The summed E-state index contributed by atoms with van der Waals surface area (Å²) in [5, 5.41) is 3.50. The quantitative estimate of drug-likeness (QED) is 0.648. The van der Waals surface area contributed by atoms with Gasteiger partial charge in [0.1, 0.15) is 0 Å². The Bertz CT molecular complexity index is 311.